The van der Waals surface area contributed by atoms with Gasteiger partial charge in [-0.3, -0.25) is 9.19 Å². The third kappa shape index (κ3) is 4.05. The van der Waals surface area contributed by atoms with Gasteiger partial charge in [-0.2, -0.15) is 0 Å². The smallest absolute Gasteiger partial charge is 0.138 e. The zero-order valence-electron chi connectivity index (χ0n) is 18.6. The number of benzene rings is 3. The molecule has 2 aromatic heterocycles. The molecule has 0 radical (unpaired) electrons. The predicted octanol–water partition coefficient (Wildman–Crippen LogP) is 6.01. The number of methoxy groups -OCH3 is 1. The van der Waals surface area contributed by atoms with E-state index in [1.807, 2.05) is 49.4 Å². The number of fused-ring (bicyclic) bond motifs is 1. The molecular weight excluding hydrogens is 430 g/mol. The highest BCUT2D eigenvalue weighted by molar-refractivity contribution is 7.84. The molecule has 0 saturated carbocycles. The Balaban J connectivity index is 1.68. The lowest BCUT2D eigenvalue weighted by molar-refractivity contribution is 0.415. The Morgan fingerprint density at radius 2 is 1.64 bits per heavy atom. The van der Waals surface area contributed by atoms with Gasteiger partial charge in [0.1, 0.15) is 11.6 Å². The quantitative estimate of drug-likeness (QED) is 0.354. The van der Waals surface area contributed by atoms with Crippen LogP contribution in [0.3, 0.4) is 0 Å². The lowest BCUT2D eigenvalue weighted by Crippen LogP contribution is -1.91. The Labute approximate surface area is 195 Å². The molecule has 0 aliphatic heterocycles. The van der Waals surface area contributed by atoms with E-state index >= 15 is 0 Å². The molecule has 6 heteroatoms. The van der Waals surface area contributed by atoms with Crippen molar-refractivity contribution in [2.75, 3.05) is 13.4 Å². The Kier molecular flexibility index (Phi) is 5.52. The molecule has 33 heavy (non-hydrogen) atoms. The zero-order chi connectivity index (χ0) is 22.9. The molecule has 1 atom stereocenters. The van der Waals surface area contributed by atoms with Gasteiger partial charge in [0.25, 0.3) is 0 Å². The lowest BCUT2D eigenvalue weighted by atomic mass is 10.0. The molecule has 3 aromatic carbocycles. The maximum Gasteiger partial charge on any atom is 0.138 e. The van der Waals surface area contributed by atoms with Gasteiger partial charge in [-0.05, 0) is 71.8 Å². The van der Waals surface area contributed by atoms with E-state index in [0.717, 1.165) is 60.9 Å². The van der Waals surface area contributed by atoms with Crippen LogP contribution in [0.15, 0.2) is 84.0 Å². The number of nitrogens with one attached hydrogen (secondary N) is 1. The zero-order valence-corrected chi connectivity index (χ0v) is 19.4. The van der Waals surface area contributed by atoms with Crippen LogP contribution in [-0.4, -0.2) is 32.5 Å². The third-order valence-electron chi connectivity index (χ3n) is 5.78. The molecule has 5 rings (SSSR count). The van der Waals surface area contributed by atoms with E-state index in [0.29, 0.717) is 0 Å². The standard InChI is InChI=1S/C27H23N3O2S/c1-17-14-23(33(3)31)8-9-24(17)27-29-25(18-10-12-28-13-11-18)26(30-27)21-5-4-20-16-22(32-2)7-6-19(20)15-21/h4-16H,1-3H3,(H,29,30)/t33-/m1/s1. The van der Waals surface area contributed by atoms with Crippen molar-refractivity contribution in [3.05, 3.63) is 84.7 Å². The number of rotatable bonds is 5. The normalized spacial score (nSPS) is 12.1. The minimum absolute atomic E-state index is 0.776. The molecular formula is C27H23N3O2S. The maximum absolute atomic E-state index is 11.9. The summed E-state index contributed by atoms with van der Waals surface area (Å²) in [6, 6.07) is 22.2. The number of hydrogen-bond acceptors (Lipinski definition) is 4. The van der Waals surface area contributed by atoms with Gasteiger partial charge in [-0.1, -0.05) is 18.2 Å². The van der Waals surface area contributed by atoms with E-state index in [1.165, 1.54) is 0 Å². The van der Waals surface area contributed by atoms with Crippen molar-refractivity contribution >= 4 is 21.6 Å². The lowest BCUT2D eigenvalue weighted by Gasteiger charge is -2.06. The molecule has 2 heterocycles. The van der Waals surface area contributed by atoms with Crippen LogP contribution in [0.4, 0.5) is 0 Å². The number of aryl methyl sites for hydroxylation is 1. The largest absolute Gasteiger partial charge is 0.497 e. The van der Waals surface area contributed by atoms with E-state index in [9.17, 15) is 4.21 Å². The first kappa shape index (κ1) is 21.1. The summed E-state index contributed by atoms with van der Waals surface area (Å²) >= 11 is 0. The van der Waals surface area contributed by atoms with Crippen LogP contribution >= 0.6 is 0 Å². The molecule has 0 fully saturated rings. The van der Waals surface area contributed by atoms with Crippen molar-refractivity contribution in [1.29, 1.82) is 0 Å². The van der Waals surface area contributed by atoms with Gasteiger partial charge in [0.15, 0.2) is 0 Å². The number of pyridine rings is 1. The summed E-state index contributed by atoms with van der Waals surface area (Å²) in [6.07, 6.45) is 5.25. The van der Waals surface area contributed by atoms with Crippen LogP contribution in [0.2, 0.25) is 0 Å². The van der Waals surface area contributed by atoms with Gasteiger partial charge in [0.05, 0.1) is 18.5 Å². The fourth-order valence-electron chi connectivity index (χ4n) is 4.02. The van der Waals surface area contributed by atoms with E-state index < -0.39 is 10.8 Å². The van der Waals surface area contributed by atoms with Crippen LogP contribution in [0.1, 0.15) is 5.56 Å². The SMILES string of the molecule is COc1ccc2cc(-c3nc(-c4ccc([S@@](C)=O)cc4C)[nH]c3-c3ccncc3)ccc2c1. The fraction of sp³-hybridized carbons (Fsp3) is 0.111. The summed E-state index contributed by atoms with van der Waals surface area (Å²) in [6.45, 7) is 2.02. The van der Waals surface area contributed by atoms with E-state index in [2.05, 4.69) is 34.2 Å². The van der Waals surface area contributed by atoms with E-state index in [1.54, 1.807) is 25.8 Å². The topological polar surface area (TPSA) is 67.9 Å². The molecule has 164 valence electrons. The van der Waals surface area contributed by atoms with Gasteiger partial charge >= 0.3 is 0 Å². The Hall–Kier alpha value is -3.77. The summed E-state index contributed by atoms with van der Waals surface area (Å²) in [5.41, 5.74) is 5.84. The van der Waals surface area contributed by atoms with E-state index in [4.69, 9.17) is 9.72 Å². The van der Waals surface area contributed by atoms with Crippen molar-refractivity contribution in [2.45, 2.75) is 11.8 Å². The second-order valence-corrected chi connectivity index (χ2v) is 9.28. The van der Waals surface area contributed by atoms with Crippen LogP contribution in [0.25, 0.3) is 44.7 Å². The molecule has 0 saturated heterocycles. The second-order valence-electron chi connectivity index (χ2n) is 7.90. The average molecular weight is 454 g/mol. The van der Waals surface area contributed by atoms with Crippen LogP contribution < -0.4 is 4.74 Å². The monoisotopic (exact) mass is 453 g/mol. The number of hydrogen-bond donors (Lipinski definition) is 1. The van der Waals surface area contributed by atoms with Crippen molar-refractivity contribution in [2.24, 2.45) is 0 Å². The first-order valence-electron chi connectivity index (χ1n) is 10.6. The van der Waals surface area contributed by atoms with Gasteiger partial charge in [0.2, 0.25) is 0 Å². The molecule has 0 aliphatic rings. The molecule has 0 aliphatic carbocycles. The third-order valence-corrected chi connectivity index (χ3v) is 6.70. The molecule has 1 N–H and O–H groups in total. The molecule has 0 amide bonds. The minimum Gasteiger partial charge on any atom is -0.497 e. The highest BCUT2D eigenvalue weighted by Gasteiger charge is 2.17. The molecule has 0 bridgehead atoms. The van der Waals surface area contributed by atoms with Gasteiger partial charge in [0, 0.05) is 51.0 Å². The number of aromatic amines is 1. The summed E-state index contributed by atoms with van der Waals surface area (Å²) in [7, 11) is 0.650. The first-order valence-corrected chi connectivity index (χ1v) is 12.1. The minimum atomic E-state index is -1.02. The highest BCUT2D eigenvalue weighted by atomic mass is 32.2. The molecule has 0 spiro atoms. The summed E-state index contributed by atoms with van der Waals surface area (Å²) in [5, 5.41) is 2.22. The molecule has 0 unspecified atom stereocenters. The van der Waals surface area contributed by atoms with Gasteiger partial charge in [-0.25, -0.2) is 4.98 Å². The highest BCUT2D eigenvalue weighted by Crippen LogP contribution is 2.35. The van der Waals surface area contributed by atoms with Crippen molar-refractivity contribution < 1.29 is 8.95 Å². The molecule has 5 nitrogen and oxygen atoms in total. The summed E-state index contributed by atoms with van der Waals surface area (Å²) in [5.74, 6) is 1.61. The number of ether oxygens (including phenoxy) is 1. The number of imidazole rings is 1. The van der Waals surface area contributed by atoms with Gasteiger partial charge < -0.3 is 9.72 Å². The fourth-order valence-corrected chi connectivity index (χ4v) is 4.62. The Morgan fingerprint density at radius 1 is 0.879 bits per heavy atom. The predicted molar refractivity (Wildman–Crippen MR) is 134 cm³/mol. The van der Waals surface area contributed by atoms with Crippen molar-refractivity contribution in [3.63, 3.8) is 0 Å². The van der Waals surface area contributed by atoms with Crippen LogP contribution in [-0.2, 0) is 10.8 Å². The summed E-state index contributed by atoms with van der Waals surface area (Å²) < 4.78 is 17.3. The number of H-pyrrole nitrogens is 1. The number of nitrogens with zero attached hydrogens (tertiary/aromatic N) is 2. The summed E-state index contributed by atoms with van der Waals surface area (Å²) in [4.78, 5) is 13.5. The van der Waals surface area contributed by atoms with Crippen LogP contribution in [0, 0.1) is 6.92 Å². The van der Waals surface area contributed by atoms with Crippen molar-refractivity contribution in [1.82, 2.24) is 15.0 Å². The first-order chi connectivity index (χ1) is 16.0. The Morgan fingerprint density at radius 3 is 2.36 bits per heavy atom. The van der Waals surface area contributed by atoms with Gasteiger partial charge in [-0.15, -0.1) is 0 Å². The average Bonchev–Trinajstić information content (AvgIpc) is 3.29. The van der Waals surface area contributed by atoms with E-state index in [-0.39, 0.29) is 0 Å². The number of aromatic nitrogens is 3. The Bertz CT molecular complexity index is 1490. The van der Waals surface area contributed by atoms with Crippen LogP contribution in [0.5, 0.6) is 5.75 Å². The molecule has 5 aromatic rings. The van der Waals surface area contributed by atoms with Crippen molar-refractivity contribution in [3.8, 4) is 39.7 Å². The second kappa shape index (κ2) is 8.64. The maximum atomic E-state index is 11.9.